The lowest BCUT2D eigenvalue weighted by atomic mass is 9.88. The van der Waals surface area contributed by atoms with Crippen molar-refractivity contribution in [1.29, 1.82) is 0 Å². The molecule has 2 heteroatoms. The maximum absolute atomic E-state index is 9.75. The Bertz CT molecular complexity index is 386. The molecule has 0 spiro atoms. The lowest BCUT2D eigenvalue weighted by Crippen LogP contribution is -2.50. The average molecular weight is 233 g/mol. The number of hydrogen-bond acceptors (Lipinski definition) is 2. The number of benzene rings is 1. The van der Waals surface area contributed by atoms with Crippen LogP contribution in [0.5, 0.6) is 0 Å². The number of hydrogen-bond donors (Lipinski definition) is 1. The molecule has 1 unspecified atom stereocenters. The molecule has 1 aliphatic rings. The van der Waals surface area contributed by atoms with Crippen LogP contribution in [0.25, 0.3) is 0 Å². The van der Waals surface area contributed by atoms with Crippen LogP contribution in [0.4, 0.5) is 0 Å². The van der Waals surface area contributed by atoms with Gasteiger partial charge in [0, 0.05) is 18.6 Å². The molecule has 17 heavy (non-hydrogen) atoms. The van der Waals surface area contributed by atoms with Gasteiger partial charge in [0.25, 0.3) is 0 Å². The molecule has 1 aromatic rings. The van der Waals surface area contributed by atoms with Crippen molar-refractivity contribution in [2.24, 2.45) is 0 Å². The molecular weight excluding hydrogens is 210 g/mol. The zero-order valence-electron chi connectivity index (χ0n) is 11.1. The molecule has 1 atom stereocenters. The molecule has 0 radical (unpaired) electrons. The minimum Gasteiger partial charge on any atom is -0.393 e. The fourth-order valence-corrected chi connectivity index (χ4v) is 2.74. The molecule has 0 saturated carbocycles. The monoisotopic (exact) mass is 233 g/mol. The van der Waals surface area contributed by atoms with Gasteiger partial charge in [-0.25, -0.2) is 0 Å². The van der Waals surface area contributed by atoms with E-state index >= 15 is 0 Å². The van der Waals surface area contributed by atoms with E-state index in [0.29, 0.717) is 0 Å². The highest BCUT2D eigenvalue weighted by Gasteiger charge is 2.33. The normalized spacial score (nSPS) is 24.8. The fourth-order valence-electron chi connectivity index (χ4n) is 2.74. The van der Waals surface area contributed by atoms with Crippen molar-refractivity contribution in [2.45, 2.75) is 51.8 Å². The second kappa shape index (κ2) is 4.79. The van der Waals surface area contributed by atoms with Gasteiger partial charge in [-0.05, 0) is 39.2 Å². The van der Waals surface area contributed by atoms with Crippen LogP contribution in [0.15, 0.2) is 24.3 Å². The third kappa shape index (κ3) is 3.08. The summed E-state index contributed by atoms with van der Waals surface area (Å²) in [7, 11) is 0. The van der Waals surface area contributed by atoms with Crippen LogP contribution in [0.2, 0.25) is 0 Å². The predicted octanol–water partition coefficient (Wildman–Crippen LogP) is 2.73. The number of likely N-dealkylation sites (tertiary alicyclic amines) is 1. The second-order valence-corrected chi connectivity index (χ2v) is 5.87. The van der Waals surface area contributed by atoms with Gasteiger partial charge in [-0.3, -0.25) is 4.90 Å². The highest BCUT2D eigenvalue weighted by molar-refractivity contribution is 5.22. The number of aliphatic hydroxyl groups excluding tert-OH is 1. The van der Waals surface area contributed by atoms with E-state index in [-0.39, 0.29) is 11.6 Å². The quantitative estimate of drug-likeness (QED) is 0.849. The van der Waals surface area contributed by atoms with E-state index in [9.17, 15) is 5.11 Å². The Labute approximate surface area is 104 Å². The molecule has 0 bridgehead atoms. The van der Waals surface area contributed by atoms with Crippen molar-refractivity contribution in [3.8, 4) is 0 Å². The van der Waals surface area contributed by atoms with E-state index in [1.807, 2.05) is 0 Å². The minimum absolute atomic E-state index is 0.0986. The van der Waals surface area contributed by atoms with Crippen molar-refractivity contribution < 1.29 is 5.11 Å². The van der Waals surface area contributed by atoms with Gasteiger partial charge >= 0.3 is 0 Å². The predicted molar refractivity (Wildman–Crippen MR) is 70.9 cm³/mol. The lowest BCUT2D eigenvalue weighted by Gasteiger charge is -2.44. The van der Waals surface area contributed by atoms with Gasteiger partial charge < -0.3 is 5.11 Å². The van der Waals surface area contributed by atoms with Gasteiger partial charge in [0.05, 0.1) is 6.10 Å². The van der Waals surface area contributed by atoms with Gasteiger partial charge in [0.15, 0.2) is 0 Å². The van der Waals surface area contributed by atoms with Crippen LogP contribution in [0, 0.1) is 6.92 Å². The van der Waals surface area contributed by atoms with Crippen molar-refractivity contribution in [3.63, 3.8) is 0 Å². The Morgan fingerprint density at radius 3 is 2.82 bits per heavy atom. The first-order chi connectivity index (χ1) is 7.97. The Morgan fingerprint density at radius 1 is 1.41 bits per heavy atom. The second-order valence-electron chi connectivity index (χ2n) is 5.87. The van der Waals surface area contributed by atoms with E-state index in [1.54, 1.807) is 0 Å². The van der Waals surface area contributed by atoms with Crippen LogP contribution in [0.1, 0.15) is 37.8 Å². The molecule has 1 aliphatic heterocycles. The Hall–Kier alpha value is -0.860. The summed E-state index contributed by atoms with van der Waals surface area (Å²) in [6.07, 6.45) is 1.65. The molecule has 2 rings (SSSR count). The first-order valence-electron chi connectivity index (χ1n) is 6.46. The zero-order valence-corrected chi connectivity index (χ0v) is 11.1. The molecule has 2 nitrogen and oxygen atoms in total. The summed E-state index contributed by atoms with van der Waals surface area (Å²) in [5.74, 6) is 0. The van der Waals surface area contributed by atoms with Crippen LogP contribution < -0.4 is 0 Å². The summed E-state index contributed by atoms with van der Waals surface area (Å²) in [6.45, 7) is 8.56. The largest absolute Gasteiger partial charge is 0.393 e. The summed E-state index contributed by atoms with van der Waals surface area (Å²) in [5.41, 5.74) is 2.79. The topological polar surface area (TPSA) is 23.5 Å². The average Bonchev–Trinajstić information content (AvgIpc) is 2.21. The molecule has 0 aromatic heterocycles. The Morgan fingerprint density at radius 2 is 2.18 bits per heavy atom. The number of aliphatic hydroxyl groups is 1. The molecular formula is C15H23NO. The third-order valence-corrected chi connectivity index (χ3v) is 3.78. The summed E-state index contributed by atoms with van der Waals surface area (Å²) < 4.78 is 0. The number of rotatable bonds is 2. The molecule has 0 amide bonds. The van der Waals surface area contributed by atoms with E-state index < -0.39 is 0 Å². The van der Waals surface area contributed by atoms with Gasteiger partial charge in [0.1, 0.15) is 0 Å². The van der Waals surface area contributed by atoms with Crippen LogP contribution in [0.3, 0.4) is 0 Å². The number of aryl methyl sites for hydroxylation is 1. The Kier molecular flexibility index (Phi) is 3.55. The molecule has 1 heterocycles. The highest BCUT2D eigenvalue weighted by Crippen LogP contribution is 2.29. The summed E-state index contributed by atoms with van der Waals surface area (Å²) in [5, 5.41) is 9.75. The van der Waals surface area contributed by atoms with E-state index in [2.05, 4.69) is 49.9 Å². The molecule has 0 aliphatic carbocycles. The summed E-state index contributed by atoms with van der Waals surface area (Å²) in [4.78, 5) is 2.48. The number of piperidine rings is 1. The lowest BCUT2D eigenvalue weighted by molar-refractivity contribution is -0.00718. The molecule has 1 aromatic carbocycles. The van der Waals surface area contributed by atoms with Crippen LogP contribution in [-0.2, 0) is 6.54 Å². The molecule has 1 N–H and O–H groups in total. The number of nitrogens with zero attached hydrogens (tertiary/aromatic N) is 1. The minimum atomic E-state index is -0.126. The summed E-state index contributed by atoms with van der Waals surface area (Å²) >= 11 is 0. The van der Waals surface area contributed by atoms with Crippen molar-refractivity contribution in [2.75, 3.05) is 6.54 Å². The smallest absolute Gasteiger partial charge is 0.0569 e. The van der Waals surface area contributed by atoms with Gasteiger partial charge in [-0.1, -0.05) is 29.8 Å². The van der Waals surface area contributed by atoms with E-state index in [1.165, 1.54) is 11.1 Å². The van der Waals surface area contributed by atoms with Gasteiger partial charge in [-0.2, -0.15) is 0 Å². The first-order valence-corrected chi connectivity index (χ1v) is 6.46. The SMILES string of the molecule is Cc1cccc(CN2CCC(O)CC2(C)C)c1. The van der Waals surface area contributed by atoms with Crippen molar-refractivity contribution >= 4 is 0 Å². The standard InChI is InChI=1S/C15H23NO/c1-12-5-4-6-13(9-12)11-16-8-7-14(17)10-15(16,2)3/h4-6,9,14,17H,7-8,10-11H2,1-3H3. The third-order valence-electron chi connectivity index (χ3n) is 3.78. The van der Waals surface area contributed by atoms with E-state index in [4.69, 9.17) is 0 Å². The van der Waals surface area contributed by atoms with Crippen LogP contribution >= 0.6 is 0 Å². The summed E-state index contributed by atoms with van der Waals surface area (Å²) in [6, 6.07) is 8.69. The Balaban J connectivity index is 2.08. The van der Waals surface area contributed by atoms with Gasteiger partial charge in [0.2, 0.25) is 0 Å². The molecule has 1 fully saturated rings. The first kappa shape index (κ1) is 12.6. The highest BCUT2D eigenvalue weighted by atomic mass is 16.3. The van der Waals surface area contributed by atoms with Crippen molar-refractivity contribution in [1.82, 2.24) is 4.90 Å². The molecule has 1 saturated heterocycles. The zero-order chi connectivity index (χ0) is 12.5. The fraction of sp³-hybridized carbons (Fsp3) is 0.600. The van der Waals surface area contributed by atoms with E-state index in [0.717, 1.165) is 25.9 Å². The van der Waals surface area contributed by atoms with Gasteiger partial charge in [-0.15, -0.1) is 0 Å². The van der Waals surface area contributed by atoms with Crippen molar-refractivity contribution in [3.05, 3.63) is 35.4 Å². The maximum atomic E-state index is 9.75. The molecule has 94 valence electrons. The van der Waals surface area contributed by atoms with Crippen LogP contribution in [-0.4, -0.2) is 28.2 Å². The maximum Gasteiger partial charge on any atom is 0.0569 e.